The fourth-order valence-corrected chi connectivity index (χ4v) is 2.99. The number of thiocarbonyl (C=S) groups is 1. The maximum atomic E-state index is 5.87. The molecule has 25 heavy (non-hydrogen) atoms. The summed E-state index contributed by atoms with van der Waals surface area (Å²) in [4.78, 5) is 0. The van der Waals surface area contributed by atoms with Gasteiger partial charge in [0.2, 0.25) is 0 Å². The molecule has 0 spiro atoms. The maximum absolute atomic E-state index is 5.87. The van der Waals surface area contributed by atoms with Crippen LogP contribution in [-0.4, -0.2) is 23.7 Å². The minimum absolute atomic E-state index is 0.598. The van der Waals surface area contributed by atoms with Gasteiger partial charge in [-0.15, -0.1) is 0 Å². The molecule has 0 saturated carbocycles. The lowest BCUT2D eigenvalue weighted by molar-refractivity contribution is 0.106. The smallest absolute Gasteiger partial charge is 0.166 e. The van der Waals surface area contributed by atoms with Crippen LogP contribution < -0.4 is 10.6 Å². The van der Waals surface area contributed by atoms with Crippen molar-refractivity contribution in [1.82, 2.24) is 10.6 Å². The fraction of sp³-hybridized carbons (Fsp3) is 0.350. The van der Waals surface area contributed by atoms with Gasteiger partial charge in [0.1, 0.15) is 0 Å². The fourth-order valence-electron chi connectivity index (χ4n) is 2.38. The van der Waals surface area contributed by atoms with Crippen molar-refractivity contribution >= 4 is 29.1 Å². The van der Waals surface area contributed by atoms with Crippen LogP contribution >= 0.6 is 24.0 Å². The summed E-state index contributed by atoms with van der Waals surface area (Å²) in [5.41, 5.74) is 3.59. The van der Waals surface area contributed by atoms with E-state index in [1.165, 1.54) is 16.7 Å². The van der Waals surface area contributed by atoms with E-state index in [0.717, 1.165) is 18.7 Å². The average Bonchev–Trinajstić information content (AvgIpc) is 2.65. The summed E-state index contributed by atoms with van der Waals surface area (Å²) in [6.45, 7) is 2.84. The van der Waals surface area contributed by atoms with Gasteiger partial charge in [-0.1, -0.05) is 54.6 Å². The van der Waals surface area contributed by atoms with Gasteiger partial charge in [-0.2, -0.15) is 11.8 Å². The highest BCUT2D eigenvalue weighted by Crippen LogP contribution is 2.11. The van der Waals surface area contributed by atoms with Gasteiger partial charge in [-0.3, -0.25) is 0 Å². The summed E-state index contributed by atoms with van der Waals surface area (Å²) < 4.78 is 5.87. The molecule has 0 heterocycles. The van der Waals surface area contributed by atoms with Gasteiger partial charge < -0.3 is 15.4 Å². The first-order valence-corrected chi connectivity index (χ1v) is 10.3. The molecule has 5 heteroatoms. The Balaban J connectivity index is 1.76. The number of hydrogen-bond acceptors (Lipinski definition) is 3. The van der Waals surface area contributed by atoms with Crippen molar-refractivity contribution in [3.63, 3.8) is 0 Å². The normalized spacial score (nSPS) is 10.4. The molecule has 0 fully saturated rings. The van der Waals surface area contributed by atoms with Crippen LogP contribution in [0.1, 0.15) is 23.1 Å². The second-order valence-electron chi connectivity index (χ2n) is 5.70. The summed E-state index contributed by atoms with van der Waals surface area (Å²) in [7, 11) is 0. The highest BCUT2D eigenvalue weighted by molar-refractivity contribution is 7.98. The molecule has 2 N–H and O–H groups in total. The molecule has 0 aromatic heterocycles. The third-order valence-electron chi connectivity index (χ3n) is 3.74. The van der Waals surface area contributed by atoms with Crippen LogP contribution in [0.5, 0.6) is 0 Å². The quantitative estimate of drug-likeness (QED) is 0.483. The molecule has 0 bridgehead atoms. The minimum Gasteiger partial charge on any atom is -0.372 e. The van der Waals surface area contributed by atoms with E-state index in [2.05, 4.69) is 41.2 Å². The molecule has 0 amide bonds. The van der Waals surface area contributed by atoms with Crippen LogP contribution in [0, 0.1) is 0 Å². The van der Waals surface area contributed by atoms with Crippen LogP contribution in [-0.2, 0) is 24.5 Å². The van der Waals surface area contributed by atoms with E-state index >= 15 is 0 Å². The Morgan fingerprint density at radius 3 is 2.44 bits per heavy atom. The highest BCUT2D eigenvalue weighted by Gasteiger charge is 2.03. The molecule has 0 saturated heterocycles. The van der Waals surface area contributed by atoms with E-state index in [0.29, 0.717) is 24.9 Å². The van der Waals surface area contributed by atoms with Gasteiger partial charge in [0, 0.05) is 13.1 Å². The summed E-state index contributed by atoms with van der Waals surface area (Å²) in [5.74, 6) is 1.15. The van der Waals surface area contributed by atoms with Gasteiger partial charge in [-0.25, -0.2) is 0 Å². The third kappa shape index (κ3) is 7.90. The van der Waals surface area contributed by atoms with Crippen LogP contribution in [0.4, 0.5) is 0 Å². The molecule has 0 unspecified atom stereocenters. The predicted molar refractivity (Wildman–Crippen MR) is 112 cm³/mol. The Morgan fingerprint density at radius 1 is 0.960 bits per heavy atom. The maximum Gasteiger partial charge on any atom is 0.166 e. The molecule has 2 aromatic carbocycles. The summed E-state index contributed by atoms with van der Waals surface area (Å²) in [6.07, 6.45) is 3.24. The molecule has 0 aliphatic carbocycles. The van der Waals surface area contributed by atoms with Crippen LogP contribution in [0.3, 0.4) is 0 Å². The van der Waals surface area contributed by atoms with Gasteiger partial charge in [0.05, 0.1) is 13.2 Å². The van der Waals surface area contributed by atoms with E-state index in [1.807, 2.05) is 42.1 Å². The topological polar surface area (TPSA) is 33.3 Å². The lowest BCUT2D eigenvalue weighted by Crippen LogP contribution is -2.35. The van der Waals surface area contributed by atoms with Gasteiger partial charge in [0.15, 0.2) is 5.11 Å². The molecular formula is C20H26N2OS2. The second-order valence-corrected chi connectivity index (χ2v) is 7.10. The van der Waals surface area contributed by atoms with Crippen molar-refractivity contribution in [3.8, 4) is 0 Å². The first kappa shape index (κ1) is 19.8. The van der Waals surface area contributed by atoms with Gasteiger partial charge in [0.25, 0.3) is 0 Å². The van der Waals surface area contributed by atoms with E-state index in [-0.39, 0.29) is 0 Å². The first-order chi connectivity index (χ1) is 12.3. The molecule has 0 radical (unpaired) electrons. The zero-order valence-electron chi connectivity index (χ0n) is 14.7. The second kappa shape index (κ2) is 11.9. The largest absolute Gasteiger partial charge is 0.372 e. The van der Waals surface area contributed by atoms with Gasteiger partial charge >= 0.3 is 0 Å². The lowest BCUT2D eigenvalue weighted by atomic mass is 10.1. The SMILES string of the molecule is CSCCCNC(=S)NCc1ccccc1COCc1ccccc1. The number of rotatable bonds is 10. The molecule has 134 valence electrons. The number of nitrogens with one attached hydrogen (secondary N) is 2. The van der Waals surface area contributed by atoms with Crippen molar-refractivity contribution < 1.29 is 4.74 Å². The van der Waals surface area contributed by atoms with Crippen molar-refractivity contribution in [3.05, 3.63) is 71.3 Å². The Hall–Kier alpha value is -1.56. The standard InChI is InChI=1S/C20H26N2OS2/c1-25-13-7-12-21-20(24)22-14-18-10-5-6-11-19(18)16-23-15-17-8-3-2-4-9-17/h2-6,8-11H,7,12-16H2,1H3,(H2,21,22,24). The summed E-state index contributed by atoms with van der Waals surface area (Å²) in [6, 6.07) is 18.6. The van der Waals surface area contributed by atoms with Crippen LogP contribution in [0.2, 0.25) is 0 Å². The molecule has 3 nitrogen and oxygen atoms in total. The predicted octanol–water partition coefficient (Wildman–Crippen LogP) is 4.12. The Labute approximate surface area is 160 Å². The highest BCUT2D eigenvalue weighted by atomic mass is 32.2. The third-order valence-corrected chi connectivity index (χ3v) is 4.72. The number of ether oxygens (including phenoxy) is 1. The minimum atomic E-state index is 0.598. The zero-order chi connectivity index (χ0) is 17.7. The Kier molecular flexibility index (Phi) is 9.41. The van der Waals surface area contributed by atoms with Crippen molar-refractivity contribution in [2.45, 2.75) is 26.2 Å². The molecule has 2 rings (SSSR count). The summed E-state index contributed by atoms with van der Waals surface area (Å²) >= 11 is 7.19. The van der Waals surface area contributed by atoms with Crippen molar-refractivity contribution in [2.75, 3.05) is 18.6 Å². The first-order valence-electron chi connectivity index (χ1n) is 8.48. The number of thioether (sulfide) groups is 1. The van der Waals surface area contributed by atoms with E-state index in [1.54, 1.807) is 0 Å². The van der Waals surface area contributed by atoms with E-state index in [4.69, 9.17) is 17.0 Å². The monoisotopic (exact) mass is 374 g/mol. The number of benzene rings is 2. The Morgan fingerprint density at radius 2 is 1.68 bits per heavy atom. The molecule has 0 atom stereocenters. The lowest BCUT2D eigenvalue weighted by Gasteiger charge is -2.13. The summed E-state index contributed by atoms with van der Waals surface area (Å²) in [5, 5.41) is 7.24. The van der Waals surface area contributed by atoms with Crippen molar-refractivity contribution in [2.24, 2.45) is 0 Å². The van der Waals surface area contributed by atoms with Gasteiger partial charge in [-0.05, 0) is 47.3 Å². The van der Waals surface area contributed by atoms with Crippen LogP contribution in [0.15, 0.2) is 54.6 Å². The molecular weight excluding hydrogens is 348 g/mol. The Bertz CT molecular complexity index is 635. The molecule has 0 aliphatic heterocycles. The van der Waals surface area contributed by atoms with Crippen molar-refractivity contribution in [1.29, 1.82) is 0 Å². The van der Waals surface area contributed by atoms with E-state index in [9.17, 15) is 0 Å². The average molecular weight is 375 g/mol. The molecule has 0 aliphatic rings. The van der Waals surface area contributed by atoms with E-state index < -0.39 is 0 Å². The van der Waals surface area contributed by atoms with Crippen LogP contribution in [0.25, 0.3) is 0 Å². The molecule has 2 aromatic rings. The number of hydrogen-bond donors (Lipinski definition) is 2. The zero-order valence-corrected chi connectivity index (χ0v) is 16.3.